The number of nitrogens with zero attached hydrogens (tertiary/aromatic N) is 6. The monoisotopic (exact) mass is 496 g/mol. The van der Waals surface area contributed by atoms with Gasteiger partial charge in [0.1, 0.15) is 23.3 Å². The maximum absolute atomic E-state index is 14.9. The van der Waals surface area contributed by atoms with Gasteiger partial charge in [0.2, 0.25) is 0 Å². The molecule has 0 fully saturated rings. The molecule has 3 heterocycles. The third-order valence-corrected chi connectivity index (χ3v) is 5.13. The summed E-state index contributed by atoms with van der Waals surface area (Å²) in [5.41, 5.74) is -2.48. The van der Waals surface area contributed by atoms with Gasteiger partial charge < -0.3 is 4.90 Å². The smallest absolute Gasteiger partial charge is 0.320 e. The third-order valence-electron chi connectivity index (χ3n) is 5.13. The van der Waals surface area contributed by atoms with Crippen molar-refractivity contribution in [3.8, 4) is 11.8 Å². The molecule has 0 saturated heterocycles. The fourth-order valence-corrected chi connectivity index (χ4v) is 3.17. The maximum Gasteiger partial charge on any atom is 0.404 e. The van der Waals surface area contributed by atoms with Gasteiger partial charge in [0.05, 0.1) is 17.4 Å². The van der Waals surface area contributed by atoms with Crippen molar-refractivity contribution in [2.75, 3.05) is 11.4 Å². The van der Waals surface area contributed by atoms with Crippen LogP contribution in [0.3, 0.4) is 0 Å². The van der Waals surface area contributed by atoms with Crippen molar-refractivity contribution in [2.45, 2.75) is 26.4 Å². The highest BCUT2D eigenvalue weighted by molar-refractivity contribution is 5.94. The molecule has 0 unspecified atom stereocenters. The van der Waals surface area contributed by atoms with Crippen molar-refractivity contribution < 1.29 is 30.7 Å². The molecule has 3 aromatic heterocycles. The van der Waals surface area contributed by atoms with Crippen LogP contribution in [0.25, 0.3) is 16.7 Å². The topological polar surface area (TPSA) is 59.2 Å². The lowest BCUT2D eigenvalue weighted by atomic mass is 9.93. The number of halogens is 7. The highest BCUT2D eigenvalue weighted by atomic mass is 19.4. The Morgan fingerprint density at radius 1 is 1.11 bits per heavy atom. The Morgan fingerprint density at radius 2 is 1.86 bits per heavy atom. The minimum atomic E-state index is -4.61. The first-order chi connectivity index (χ1) is 16.4. The zero-order valence-corrected chi connectivity index (χ0v) is 18.1. The average molecular weight is 496 g/mol. The van der Waals surface area contributed by atoms with Crippen molar-refractivity contribution in [3.63, 3.8) is 0 Å². The number of hydrogen-bond donors (Lipinski definition) is 0. The lowest BCUT2D eigenvalue weighted by Gasteiger charge is -2.25. The molecule has 6 nitrogen and oxygen atoms in total. The Hall–Kier alpha value is -3.95. The van der Waals surface area contributed by atoms with Crippen LogP contribution in [0, 0.1) is 28.9 Å². The van der Waals surface area contributed by atoms with Gasteiger partial charge in [-0.15, -0.1) is 10.2 Å². The van der Waals surface area contributed by atoms with Gasteiger partial charge in [0.15, 0.2) is 11.6 Å². The van der Waals surface area contributed by atoms with Gasteiger partial charge in [0, 0.05) is 11.9 Å². The van der Waals surface area contributed by atoms with Crippen LogP contribution in [0.5, 0.6) is 0 Å². The number of rotatable bonds is 4. The number of benzene rings is 1. The van der Waals surface area contributed by atoms with E-state index in [1.54, 1.807) is 0 Å². The number of aromatic nitrogens is 5. The van der Waals surface area contributed by atoms with E-state index >= 15 is 0 Å². The summed E-state index contributed by atoms with van der Waals surface area (Å²) in [7, 11) is 0. The highest BCUT2D eigenvalue weighted by Gasteiger charge is 2.46. The Balaban J connectivity index is 1.91. The molecular weight excluding hydrogens is 481 g/mol. The van der Waals surface area contributed by atoms with E-state index in [4.69, 9.17) is 0 Å². The second-order valence-electron chi connectivity index (χ2n) is 7.97. The predicted octanol–water partition coefficient (Wildman–Crippen LogP) is 5.29. The first kappa shape index (κ1) is 24.2. The number of fused-ring (bicyclic) bond motifs is 3. The standard InChI is InChI=1S/C22H15F7N6/c1-21(2,22(27,28)29)7-5-12-9-13(6-8-30-12)34(10-16(24)25)19-17-15(4-3-14(23)18(17)26)35-11-31-33-20(35)32-19/h3-4,6,8-9,11,16H,10H2,1-2H3. The number of pyridine rings is 1. The molecule has 1 aromatic carbocycles. The Bertz CT molecular complexity index is 1470. The van der Waals surface area contributed by atoms with E-state index in [0.717, 1.165) is 37.1 Å². The van der Waals surface area contributed by atoms with Gasteiger partial charge in [-0.3, -0.25) is 4.40 Å². The van der Waals surface area contributed by atoms with Gasteiger partial charge in [-0.05, 0) is 44.0 Å². The van der Waals surface area contributed by atoms with Crippen molar-refractivity contribution in [3.05, 3.63) is 54.1 Å². The molecule has 4 rings (SSSR count). The molecule has 0 aliphatic rings. The Morgan fingerprint density at radius 3 is 2.54 bits per heavy atom. The summed E-state index contributed by atoms with van der Waals surface area (Å²) in [5, 5.41) is 7.01. The molecule has 0 aliphatic carbocycles. The molecule has 0 saturated carbocycles. The lowest BCUT2D eigenvalue weighted by molar-refractivity contribution is -0.190. The van der Waals surface area contributed by atoms with Crippen LogP contribution < -0.4 is 4.90 Å². The summed E-state index contributed by atoms with van der Waals surface area (Å²) in [6.07, 6.45) is -5.22. The molecule has 4 aromatic rings. The van der Waals surface area contributed by atoms with Crippen LogP contribution in [0.4, 0.5) is 42.2 Å². The fourth-order valence-electron chi connectivity index (χ4n) is 3.17. The largest absolute Gasteiger partial charge is 0.404 e. The van der Waals surface area contributed by atoms with Gasteiger partial charge in [-0.25, -0.2) is 22.5 Å². The molecular formula is C22H15F7N6. The van der Waals surface area contributed by atoms with Gasteiger partial charge in [0.25, 0.3) is 12.2 Å². The second-order valence-corrected chi connectivity index (χ2v) is 7.97. The fraction of sp³-hybridized carbons (Fsp3) is 0.273. The first-order valence-corrected chi connectivity index (χ1v) is 9.98. The summed E-state index contributed by atoms with van der Waals surface area (Å²) in [4.78, 5) is 8.89. The van der Waals surface area contributed by atoms with E-state index < -0.39 is 47.4 Å². The minimum absolute atomic E-state index is 0.0317. The summed E-state index contributed by atoms with van der Waals surface area (Å²) >= 11 is 0. The molecule has 13 heteroatoms. The summed E-state index contributed by atoms with van der Waals surface area (Å²) < 4.78 is 96.9. The molecule has 0 amide bonds. The molecule has 0 aliphatic heterocycles. The molecule has 35 heavy (non-hydrogen) atoms. The van der Waals surface area contributed by atoms with Crippen LogP contribution in [0.1, 0.15) is 19.5 Å². The third kappa shape index (κ3) is 4.55. The van der Waals surface area contributed by atoms with Crippen LogP contribution in [-0.2, 0) is 0 Å². The first-order valence-electron chi connectivity index (χ1n) is 9.98. The zero-order chi connectivity index (χ0) is 25.5. The molecule has 0 atom stereocenters. The molecule has 0 bridgehead atoms. The van der Waals surface area contributed by atoms with Gasteiger partial charge in [-0.1, -0.05) is 5.92 Å². The Kier molecular flexibility index (Phi) is 6.00. The summed E-state index contributed by atoms with van der Waals surface area (Å²) in [6.45, 7) is 0.759. The molecule has 0 N–H and O–H groups in total. The van der Waals surface area contributed by atoms with Gasteiger partial charge in [-0.2, -0.15) is 18.2 Å². The SMILES string of the molecule is CC(C)(C#Cc1cc(N(CC(F)F)c2nc3nncn3c3ccc(F)c(F)c23)ccn1)C(F)(F)F. The molecule has 0 radical (unpaired) electrons. The van der Waals surface area contributed by atoms with Crippen molar-refractivity contribution in [1.29, 1.82) is 0 Å². The lowest BCUT2D eigenvalue weighted by Crippen LogP contribution is -2.30. The van der Waals surface area contributed by atoms with Crippen molar-refractivity contribution >= 4 is 28.2 Å². The maximum atomic E-state index is 14.9. The Labute approximate surface area is 193 Å². The van der Waals surface area contributed by atoms with E-state index in [-0.39, 0.29) is 22.7 Å². The van der Waals surface area contributed by atoms with Crippen LogP contribution in [-0.4, -0.2) is 43.7 Å². The number of anilines is 2. The average Bonchev–Trinajstić information content (AvgIpc) is 3.26. The molecule has 182 valence electrons. The predicted molar refractivity (Wildman–Crippen MR) is 112 cm³/mol. The van der Waals surface area contributed by atoms with Crippen LogP contribution >= 0.6 is 0 Å². The van der Waals surface area contributed by atoms with Crippen molar-refractivity contribution in [2.24, 2.45) is 5.41 Å². The number of alkyl halides is 5. The zero-order valence-electron chi connectivity index (χ0n) is 18.1. The van der Waals surface area contributed by atoms with E-state index in [9.17, 15) is 30.7 Å². The van der Waals surface area contributed by atoms with Crippen LogP contribution in [0.2, 0.25) is 0 Å². The van der Waals surface area contributed by atoms with E-state index in [1.807, 2.05) is 0 Å². The van der Waals surface area contributed by atoms with E-state index in [0.29, 0.717) is 0 Å². The summed E-state index contributed by atoms with van der Waals surface area (Å²) in [6, 6.07) is 4.50. The summed E-state index contributed by atoms with van der Waals surface area (Å²) in [5.74, 6) is 1.35. The molecule has 0 spiro atoms. The van der Waals surface area contributed by atoms with E-state index in [2.05, 4.69) is 32.0 Å². The van der Waals surface area contributed by atoms with Crippen molar-refractivity contribution in [1.82, 2.24) is 24.6 Å². The van der Waals surface area contributed by atoms with E-state index in [1.165, 1.54) is 22.9 Å². The second kappa shape index (κ2) is 8.68. The highest BCUT2D eigenvalue weighted by Crippen LogP contribution is 2.37. The quantitative estimate of drug-likeness (QED) is 0.284. The van der Waals surface area contributed by atoms with Crippen LogP contribution in [0.15, 0.2) is 36.8 Å². The number of hydrogen-bond acceptors (Lipinski definition) is 5. The normalized spacial score (nSPS) is 12.3. The minimum Gasteiger partial charge on any atom is -0.320 e. The van der Waals surface area contributed by atoms with Gasteiger partial charge >= 0.3 is 6.18 Å².